The quantitative estimate of drug-likeness (QED) is 0.261. The van der Waals surface area contributed by atoms with E-state index in [1.165, 1.54) is 0 Å². The van der Waals surface area contributed by atoms with Crippen molar-refractivity contribution in [2.75, 3.05) is 19.0 Å². The maximum atomic E-state index is 10.0. The van der Waals surface area contributed by atoms with E-state index < -0.39 is 12.1 Å². The number of hydrogen-bond acceptors (Lipinski definition) is 6. The first kappa shape index (κ1) is 11.9. The fraction of sp³-hybridized carbons (Fsp3) is 0.833. The molecule has 5 nitrogen and oxygen atoms in total. The van der Waals surface area contributed by atoms with Crippen molar-refractivity contribution in [3.63, 3.8) is 0 Å². The van der Waals surface area contributed by atoms with Gasteiger partial charge in [0.2, 0.25) is 0 Å². The summed E-state index contributed by atoms with van der Waals surface area (Å²) in [5.74, 6) is 0.349. The number of aldehydes is 1. The Morgan fingerprint density at radius 3 is 2.83 bits per heavy atom. The highest BCUT2D eigenvalue weighted by Gasteiger charge is 2.04. The lowest BCUT2D eigenvalue weighted by Gasteiger charge is -2.07. The number of nitrogens with two attached hydrogens (primary N) is 1. The second-order valence-corrected chi connectivity index (χ2v) is 3.01. The van der Waals surface area contributed by atoms with Crippen molar-refractivity contribution in [1.29, 1.82) is 0 Å². The van der Waals surface area contributed by atoms with Crippen LogP contribution in [0.5, 0.6) is 0 Å². The Morgan fingerprint density at radius 2 is 2.33 bits per heavy atom. The Balaban J connectivity index is 3.15. The zero-order chi connectivity index (χ0) is 9.40. The van der Waals surface area contributed by atoms with Crippen molar-refractivity contribution < 1.29 is 19.2 Å². The summed E-state index contributed by atoms with van der Waals surface area (Å²) < 4.78 is 4.83. The van der Waals surface area contributed by atoms with Gasteiger partial charge in [0.1, 0.15) is 12.4 Å². The van der Waals surface area contributed by atoms with Crippen molar-refractivity contribution >= 4 is 18.3 Å². The number of aliphatic hydroxyl groups is 2. The Morgan fingerprint density at radius 1 is 1.67 bits per heavy atom. The molecule has 0 aliphatic rings. The maximum Gasteiger partial charge on any atom is 0.137 e. The molecule has 6 heteroatoms. The minimum Gasteiger partial charge on any atom is -0.394 e. The standard InChI is InChI=1S/C6H13NO4S/c7-5(1-8)4-12-11-3-6(10)2-9/h1,5-6,9-10H,2-4,7H2/t5-,6?/m1/s1. The Labute approximate surface area is 75.1 Å². The van der Waals surface area contributed by atoms with Crippen molar-refractivity contribution in [1.82, 2.24) is 0 Å². The highest BCUT2D eigenvalue weighted by atomic mass is 32.2. The SMILES string of the molecule is N[C@H](C=O)CSOCC(O)CO. The molecule has 72 valence electrons. The van der Waals surface area contributed by atoms with Crippen LogP contribution in [-0.4, -0.2) is 47.6 Å². The smallest absolute Gasteiger partial charge is 0.137 e. The second-order valence-electron chi connectivity index (χ2n) is 2.21. The second kappa shape index (κ2) is 7.51. The normalized spacial score (nSPS) is 15.6. The lowest BCUT2D eigenvalue weighted by molar-refractivity contribution is -0.108. The molecule has 12 heavy (non-hydrogen) atoms. The molecule has 1 unspecified atom stereocenters. The van der Waals surface area contributed by atoms with Gasteiger partial charge in [-0.1, -0.05) is 0 Å². The predicted molar refractivity (Wildman–Crippen MR) is 45.5 cm³/mol. The van der Waals surface area contributed by atoms with Crippen LogP contribution in [0.15, 0.2) is 0 Å². The maximum absolute atomic E-state index is 10.0. The largest absolute Gasteiger partial charge is 0.394 e. The van der Waals surface area contributed by atoms with Crippen LogP contribution in [0, 0.1) is 0 Å². The highest BCUT2D eigenvalue weighted by molar-refractivity contribution is 7.94. The first-order valence-electron chi connectivity index (χ1n) is 3.45. The minimum absolute atomic E-state index is 0.0345. The number of aliphatic hydroxyl groups excluding tert-OH is 2. The van der Waals surface area contributed by atoms with Crippen LogP contribution in [-0.2, 0) is 8.98 Å². The molecule has 0 aliphatic carbocycles. The van der Waals surface area contributed by atoms with Crippen LogP contribution in [0.2, 0.25) is 0 Å². The highest BCUT2D eigenvalue weighted by Crippen LogP contribution is 2.03. The first-order valence-corrected chi connectivity index (χ1v) is 4.36. The molecule has 0 bridgehead atoms. The van der Waals surface area contributed by atoms with Gasteiger partial charge in [0.15, 0.2) is 0 Å². The van der Waals surface area contributed by atoms with Crippen LogP contribution in [0.25, 0.3) is 0 Å². The monoisotopic (exact) mass is 195 g/mol. The summed E-state index contributed by atoms with van der Waals surface area (Å²) in [5.41, 5.74) is 5.24. The Bertz CT molecular complexity index is 124. The van der Waals surface area contributed by atoms with Crippen LogP contribution >= 0.6 is 12.0 Å². The fourth-order valence-corrected chi connectivity index (χ4v) is 0.931. The van der Waals surface area contributed by atoms with Gasteiger partial charge >= 0.3 is 0 Å². The Kier molecular flexibility index (Phi) is 7.42. The molecule has 0 aromatic heterocycles. The molecule has 0 saturated carbocycles. The summed E-state index contributed by atoms with van der Waals surface area (Å²) in [6.07, 6.45) is -0.247. The molecule has 0 aliphatic heterocycles. The van der Waals surface area contributed by atoms with Gasteiger partial charge in [0, 0.05) is 5.75 Å². The van der Waals surface area contributed by atoms with Gasteiger partial charge in [-0.25, -0.2) is 0 Å². The van der Waals surface area contributed by atoms with E-state index in [9.17, 15) is 4.79 Å². The van der Waals surface area contributed by atoms with E-state index in [0.29, 0.717) is 12.0 Å². The summed E-state index contributed by atoms with van der Waals surface area (Å²) in [6, 6.07) is -0.540. The van der Waals surface area contributed by atoms with Gasteiger partial charge in [-0.2, -0.15) is 0 Å². The predicted octanol–water partition coefficient (Wildman–Crippen LogP) is -1.47. The summed E-state index contributed by atoms with van der Waals surface area (Å²) in [5, 5.41) is 17.2. The number of rotatable bonds is 7. The van der Waals surface area contributed by atoms with Gasteiger partial charge < -0.3 is 24.9 Å². The molecule has 0 heterocycles. The van der Waals surface area contributed by atoms with E-state index in [0.717, 1.165) is 12.0 Å². The number of carbonyl (C=O) groups excluding carboxylic acids is 1. The van der Waals surface area contributed by atoms with Gasteiger partial charge in [-0.3, -0.25) is 0 Å². The molecule has 0 radical (unpaired) electrons. The van der Waals surface area contributed by atoms with E-state index in [1.807, 2.05) is 0 Å². The summed E-state index contributed by atoms with van der Waals surface area (Å²) in [7, 11) is 0. The molecule has 0 fully saturated rings. The molecule has 0 amide bonds. The fourth-order valence-electron chi connectivity index (χ4n) is 0.345. The zero-order valence-electron chi connectivity index (χ0n) is 6.55. The van der Waals surface area contributed by atoms with E-state index in [4.69, 9.17) is 20.1 Å². The summed E-state index contributed by atoms with van der Waals surface area (Å²) in [4.78, 5) is 10.0. The third kappa shape index (κ3) is 6.56. The van der Waals surface area contributed by atoms with Crippen molar-refractivity contribution in [3.05, 3.63) is 0 Å². The topological polar surface area (TPSA) is 92.8 Å². The van der Waals surface area contributed by atoms with Gasteiger partial charge in [-0.15, -0.1) is 0 Å². The van der Waals surface area contributed by atoms with Crippen molar-refractivity contribution in [3.8, 4) is 0 Å². The number of hydrogen-bond donors (Lipinski definition) is 3. The van der Waals surface area contributed by atoms with E-state index in [1.54, 1.807) is 0 Å². The molecular weight excluding hydrogens is 182 g/mol. The van der Waals surface area contributed by atoms with Crippen LogP contribution in [0.1, 0.15) is 0 Å². The molecule has 0 aromatic carbocycles. The third-order valence-electron chi connectivity index (χ3n) is 0.990. The van der Waals surface area contributed by atoms with Gasteiger partial charge in [0.25, 0.3) is 0 Å². The molecule has 0 rings (SSSR count). The van der Waals surface area contributed by atoms with Crippen LogP contribution < -0.4 is 5.73 Å². The average molecular weight is 195 g/mol. The zero-order valence-corrected chi connectivity index (χ0v) is 7.37. The summed E-state index contributed by atoms with van der Waals surface area (Å²) >= 11 is 1.00. The third-order valence-corrected chi connectivity index (χ3v) is 1.81. The van der Waals surface area contributed by atoms with Crippen LogP contribution in [0.3, 0.4) is 0 Å². The van der Waals surface area contributed by atoms with Gasteiger partial charge in [0.05, 0.1) is 19.3 Å². The molecule has 2 atom stereocenters. The molecule has 0 aromatic rings. The van der Waals surface area contributed by atoms with E-state index >= 15 is 0 Å². The van der Waals surface area contributed by atoms with E-state index in [2.05, 4.69) is 0 Å². The Hall–Kier alpha value is -0.140. The van der Waals surface area contributed by atoms with E-state index in [-0.39, 0.29) is 13.2 Å². The number of carbonyl (C=O) groups is 1. The molecule has 4 N–H and O–H groups in total. The first-order chi connectivity index (χ1) is 5.70. The molecular formula is C6H13NO4S. The minimum atomic E-state index is -0.870. The van der Waals surface area contributed by atoms with Crippen molar-refractivity contribution in [2.45, 2.75) is 12.1 Å². The van der Waals surface area contributed by atoms with Crippen molar-refractivity contribution in [2.24, 2.45) is 5.73 Å². The lowest BCUT2D eigenvalue weighted by atomic mass is 10.4. The molecule has 0 saturated heterocycles. The average Bonchev–Trinajstić information content (AvgIpc) is 2.11. The van der Waals surface area contributed by atoms with Crippen LogP contribution in [0.4, 0.5) is 0 Å². The van der Waals surface area contributed by atoms with Gasteiger partial charge in [-0.05, 0) is 12.0 Å². The lowest BCUT2D eigenvalue weighted by Crippen LogP contribution is -2.25. The summed E-state index contributed by atoms with van der Waals surface area (Å²) in [6.45, 7) is -0.299. The molecule has 0 spiro atoms.